The Kier molecular flexibility index (Phi) is 5.43. The molecule has 0 saturated heterocycles. The SMILES string of the molecule is Cn1c2c(c(=O)n(C)c1=O)C(c1cccc(OC(=O)c3ccc(Cl)cc3)c1)C1=C(O)c3ccccc3C1=[NH+]2. The summed E-state index contributed by atoms with van der Waals surface area (Å²) in [7, 11) is 3.01. The van der Waals surface area contributed by atoms with E-state index in [0.29, 0.717) is 44.4 Å². The van der Waals surface area contributed by atoms with Crippen LogP contribution in [0.2, 0.25) is 5.02 Å². The Balaban J connectivity index is 1.54. The maximum absolute atomic E-state index is 13.5. The third kappa shape index (κ3) is 3.53. The molecule has 2 heterocycles. The van der Waals surface area contributed by atoms with Gasteiger partial charge in [-0.15, -0.1) is 0 Å². The van der Waals surface area contributed by atoms with Gasteiger partial charge >= 0.3 is 11.7 Å². The van der Waals surface area contributed by atoms with Crippen molar-refractivity contribution in [3.8, 4) is 5.75 Å². The summed E-state index contributed by atoms with van der Waals surface area (Å²) in [5.41, 5.74) is 2.78. The summed E-state index contributed by atoms with van der Waals surface area (Å²) < 4.78 is 8.06. The number of nitrogens with zero attached hydrogens (tertiary/aromatic N) is 2. The molecule has 2 aliphatic rings. The summed E-state index contributed by atoms with van der Waals surface area (Å²) in [6, 6.07) is 20.5. The molecule has 1 unspecified atom stereocenters. The molecular weight excluding hydrogens is 506 g/mol. The minimum Gasteiger partial charge on any atom is -0.507 e. The second-order valence-electron chi connectivity index (χ2n) is 9.18. The van der Waals surface area contributed by atoms with Gasteiger partial charge in [0.15, 0.2) is 0 Å². The molecule has 0 radical (unpaired) electrons. The van der Waals surface area contributed by atoms with Gasteiger partial charge in [-0.3, -0.25) is 4.79 Å². The molecule has 0 amide bonds. The van der Waals surface area contributed by atoms with E-state index in [-0.39, 0.29) is 11.5 Å². The van der Waals surface area contributed by atoms with Gasteiger partial charge in [-0.05, 0) is 48.0 Å². The number of aliphatic hydroxyl groups excluding tert-OH is 1. The van der Waals surface area contributed by atoms with Crippen molar-refractivity contribution >= 4 is 34.9 Å². The number of rotatable bonds is 3. The molecule has 9 heteroatoms. The van der Waals surface area contributed by atoms with Crippen LogP contribution in [0.4, 0.5) is 5.82 Å². The van der Waals surface area contributed by atoms with Crippen LogP contribution in [-0.4, -0.2) is 25.9 Å². The van der Waals surface area contributed by atoms with Crippen LogP contribution in [0, 0.1) is 0 Å². The number of carbonyl (C=O) groups is 1. The van der Waals surface area contributed by atoms with Gasteiger partial charge in [-0.1, -0.05) is 41.9 Å². The number of aliphatic hydroxyl groups is 1. The number of allylic oxidation sites excluding steroid dienone is 1. The number of nitrogens with one attached hydrogen (secondary N) is 1. The largest absolute Gasteiger partial charge is 0.507 e. The fourth-order valence-electron chi connectivity index (χ4n) is 5.12. The van der Waals surface area contributed by atoms with Crippen LogP contribution >= 0.6 is 11.6 Å². The molecule has 1 aromatic heterocycles. The Bertz CT molecular complexity index is 1850. The van der Waals surface area contributed by atoms with Crippen molar-refractivity contribution in [3.63, 3.8) is 0 Å². The molecule has 188 valence electrons. The number of halogens is 1. The maximum atomic E-state index is 13.5. The minimum absolute atomic E-state index is 0.0400. The normalized spacial score (nSPS) is 15.4. The van der Waals surface area contributed by atoms with Crippen LogP contribution in [-0.2, 0) is 14.1 Å². The Morgan fingerprint density at radius 2 is 1.66 bits per heavy atom. The van der Waals surface area contributed by atoms with E-state index >= 15 is 0 Å². The maximum Gasteiger partial charge on any atom is 0.417 e. The van der Waals surface area contributed by atoms with Crippen LogP contribution in [0.1, 0.15) is 38.5 Å². The molecule has 6 rings (SSSR count). The van der Waals surface area contributed by atoms with Gasteiger partial charge in [0.2, 0.25) is 0 Å². The monoisotopic (exact) mass is 526 g/mol. The van der Waals surface area contributed by atoms with Gasteiger partial charge in [0.05, 0.1) is 24.1 Å². The Morgan fingerprint density at radius 3 is 2.39 bits per heavy atom. The lowest BCUT2D eigenvalue weighted by molar-refractivity contribution is -0.364. The van der Waals surface area contributed by atoms with Crippen LogP contribution in [0.25, 0.3) is 5.76 Å². The zero-order chi connectivity index (χ0) is 26.7. The number of aromatic nitrogens is 2. The predicted molar refractivity (Wildman–Crippen MR) is 142 cm³/mol. The lowest BCUT2D eigenvalue weighted by Gasteiger charge is -2.24. The number of hydrogen-bond acceptors (Lipinski definition) is 5. The third-order valence-corrected chi connectivity index (χ3v) is 7.23. The summed E-state index contributed by atoms with van der Waals surface area (Å²) in [6.07, 6.45) is 0. The molecule has 0 bridgehead atoms. The molecule has 1 atom stereocenters. The van der Waals surface area contributed by atoms with Crippen LogP contribution < -0.4 is 21.0 Å². The molecule has 0 fully saturated rings. The summed E-state index contributed by atoms with van der Waals surface area (Å²) in [5, 5.41) is 11.9. The average Bonchev–Trinajstić information content (AvgIpc) is 3.21. The Labute approximate surface area is 221 Å². The van der Waals surface area contributed by atoms with Crippen LogP contribution in [0.15, 0.2) is 88.0 Å². The second kappa shape index (κ2) is 8.71. The summed E-state index contributed by atoms with van der Waals surface area (Å²) in [5.74, 6) is -0.659. The topological polar surface area (TPSA) is 105 Å². The van der Waals surface area contributed by atoms with Gasteiger partial charge in [-0.2, -0.15) is 4.57 Å². The van der Waals surface area contributed by atoms with Gasteiger partial charge in [-0.25, -0.2) is 19.1 Å². The first kappa shape index (κ1) is 23.7. The van der Waals surface area contributed by atoms with Crippen molar-refractivity contribution in [1.82, 2.24) is 9.13 Å². The van der Waals surface area contributed by atoms with Crippen molar-refractivity contribution in [3.05, 3.63) is 132 Å². The highest BCUT2D eigenvalue weighted by molar-refractivity contribution is 6.30. The van der Waals surface area contributed by atoms with E-state index in [0.717, 1.165) is 10.1 Å². The van der Waals surface area contributed by atoms with Gasteiger partial charge < -0.3 is 9.84 Å². The lowest BCUT2D eigenvalue weighted by Crippen LogP contribution is -2.73. The average molecular weight is 527 g/mol. The highest BCUT2D eigenvalue weighted by Crippen LogP contribution is 2.44. The zero-order valence-electron chi connectivity index (χ0n) is 20.4. The van der Waals surface area contributed by atoms with E-state index in [2.05, 4.69) is 4.99 Å². The highest BCUT2D eigenvalue weighted by atomic mass is 35.5. The number of benzene rings is 3. The number of hydrogen-bond donors (Lipinski definition) is 2. The van der Waals surface area contributed by atoms with E-state index in [1.807, 2.05) is 18.2 Å². The zero-order valence-corrected chi connectivity index (χ0v) is 21.1. The molecule has 1 aliphatic carbocycles. The first-order chi connectivity index (χ1) is 18.3. The molecule has 0 spiro atoms. The molecule has 38 heavy (non-hydrogen) atoms. The van der Waals surface area contributed by atoms with Crippen molar-refractivity contribution < 1.29 is 19.6 Å². The molecule has 4 aromatic rings. The second-order valence-corrected chi connectivity index (χ2v) is 9.61. The number of esters is 1. The molecule has 3 aromatic carbocycles. The van der Waals surface area contributed by atoms with Crippen molar-refractivity contribution in [1.29, 1.82) is 0 Å². The van der Waals surface area contributed by atoms with Crippen molar-refractivity contribution in [2.75, 3.05) is 0 Å². The Morgan fingerprint density at radius 1 is 0.947 bits per heavy atom. The van der Waals surface area contributed by atoms with Crippen LogP contribution in [0.3, 0.4) is 0 Å². The van der Waals surface area contributed by atoms with E-state index in [1.54, 1.807) is 61.6 Å². The fraction of sp³-hybridized carbons (Fsp3) is 0.103. The standard InChI is InChI=1S/C29H20ClN3O5/c1-32-26-23(27(35)33(2)29(32)37)21(22-24(31-26)19-8-3-4-9-20(19)25(22)34)16-6-5-7-18(14-16)38-28(36)15-10-12-17(30)13-11-15/h3-14,21,34H,1-2H3/p+1. The third-order valence-electron chi connectivity index (χ3n) is 6.98. The van der Waals surface area contributed by atoms with Crippen LogP contribution in [0.5, 0.6) is 5.75 Å². The molecule has 0 saturated carbocycles. The minimum atomic E-state index is -0.742. The van der Waals surface area contributed by atoms with Gasteiger partial charge in [0.1, 0.15) is 22.8 Å². The van der Waals surface area contributed by atoms with Gasteiger partial charge in [0.25, 0.3) is 11.4 Å². The lowest BCUT2D eigenvalue weighted by atomic mass is 9.81. The summed E-state index contributed by atoms with van der Waals surface area (Å²) in [4.78, 5) is 42.3. The quantitative estimate of drug-likeness (QED) is 0.315. The smallest absolute Gasteiger partial charge is 0.417 e. The van der Waals surface area contributed by atoms with E-state index in [9.17, 15) is 19.5 Å². The molecule has 1 aliphatic heterocycles. The van der Waals surface area contributed by atoms with Crippen molar-refractivity contribution in [2.45, 2.75) is 5.92 Å². The Hall–Kier alpha value is -4.69. The predicted octanol–water partition coefficient (Wildman–Crippen LogP) is 2.59. The molecule has 8 nitrogen and oxygen atoms in total. The van der Waals surface area contributed by atoms with E-state index in [1.165, 1.54) is 11.6 Å². The highest BCUT2D eigenvalue weighted by Gasteiger charge is 2.44. The van der Waals surface area contributed by atoms with E-state index in [4.69, 9.17) is 16.3 Å². The van der Waals surface area contributed by atoms with E-state index < -0.39 is 23.1 Å². The summed E-state index contributed by atoms with van der Waals surface area (Å²) >= 11 is 5.93. The number of carbonyl (C=O) groups excluding carboxylic acids is 1. The van der Waals surface area contributed by atoms with Crippen molar-refractivity contribution in [2.24, 2.45) is 14.1 Å². The molecule has 2 N–H and O–H groups in total. The fourth-order valence-corrected chi connectivity index (χ4v) is 5.25. The number of ether oxygens (including phenoxy) is 1. The van der Waals surface area contributed by atoms with Gasteiger partial charge in [0, 0.05) is 23.2 Å². The first-order valence-electron chi connectivity index (χ1n) is 11.8. The molecular formula is C29H21ClN3O5+. The number of fused-ring (bicyclic) bond motifs is 4. The first-order valence-corrected chi connectivity index (χ1v) is 12.2. The summed E-state index contributed by atoms with van der Waals surface area (Å²) in [6.45, 7) is 0.